The fraction of sp³-hybridized carbons (Fsp3) is 0.792. The second-order valence-corrected chi connectivity index (χ2v) is 11.8. The minimum atomic E-state index is -1.21. The fourth-order valence-electron chi connectivity index (χ4n) is 6.47. The first kappa shape index (κ1) is 24.6. The molecule has 2 aliphatic carbocycles. The second kappa shape index (κ2) is 7.89. The third kappa shape index (κ3) is 3.87. The highest BCUT2D eigenvalue weighted by Gasteiger charge is 2.66. The molecule has 11 nitrogen and oxygen atoms in total. The van der Waals surface area contributed by atoms with E-state index in [2.05, 4.69) is 15.9 Å². The molecule has 4 bridgehead atoms. The highest BCUT2D eigenvalue weighted by molar-refractivity contribution is 9.09. The van der Waals surface area contributed by atoms with Gasteiger partial charge in [0, 0.05) is 25.7 Å². The fourth-order valence-corrected chi connectivity index (χ4v) is 6.58. The van der Waals surface area contributed by atoms with Gasteiger partial charge in [-0.05, 0) is 27.7 Å². The van der Waals surface area contributed by atoms with E-state index in [9.17, 15) is 14.4 Å². The highest BCUT2D eigenvalue weighted by atomic mass is 79.9. The van der Waals surface area contributed by atoms with E-state index in [4.69, 9.17) is 37.9 Å². The van der Waals surface area contributed by atoms with E-state index in [0.29, 0.717) is 25.0 Å². The summed E-state index contributed by atoms with van der Waals surface area (Å²) in [5.41, 5.74) is -1.78. The lowest BCUT2D eigenvalue weighted by Crippen LogP contribution is -2.49. The van der Waals surface area contributed by atoms with Crippen LogP contribution in [0.1, 0.15) is 53.4 Å². The number of fused-ring (bicyclic) bond motifs is 7. The van der Waals surface area contributed by atoms with Crippen molar-refractivity contribution in [2.45, 2.75) is 113 Å². The van der Waals surface area contributed by atoms with E-state index in [1.165, 1.54) is 6.08 Å². The maximum atomic E-state index is 12.0. The van der Waals surface area contributed by atoms with Crippen LogP contribution in [0.25, 0.3) is 0 Å². The van der Waals surface area contributed by atoms with Crippen molar-refractivity contribution < 1.29 is 52.3 Å². The van der Waals surface area contributed by atoms with Crippen molar-refractivity contribution in [2.24, 2.45) is 0 Å². The molecule has 0 radical (unpaired) electrons. The number of hydrogen-bond acceptors (Lipinski definition) is 11. The van der Waals surface area contributed by atoms with Crippen molar-refractivity contribution >= 4 is 33.8 Å². The molecule has 0 amide bonds. The van der Waals surface area contributed by atoms with Crippen LogP contribution in [-0.4, -0.2) is 82.6 Å². The van der Waals surface area contributed by atoms with Crippen LogP contribution < -0.4 is 0 Å². The Kier molecular flexibility index (Phi) is 5.39. The van der Waals surface area contributed by atoms with E-state index in [-0.39, 0.29) is 48.2 Å². The molecular formula is C24H29BrO11. The normalized spacial score (nSPS) is 45.8. The molecule has 12 heteroatoms. The molecule has 6 fully saturated rings. The predicted octanol–water partition coefficient (Wildman–Crippen LogP) is 1.78. The molecule has 0 aromatic carbocycles. The summed E-state index contributed by atoms with van der Waals surface area (Å²) in [7, 11) is 0. The average molecular weight is 573 g/mol. The molecular weight excluding hydrogens is 544 g/mol. The molecule has 5 aliphatic heterocycles. The number of carbonyl (C=O) groups excluding carboxylic acids is 3. The minimum Gasteiger partial charge on any atom is -0.487 e. The van der Waals surface area contributed by atoms with Crippen LogP contribution in [0.4, 0.5) is 0 Å². The Balaban J connectivity index is 0.000000134. The molecule has 198 valence electrons. The van der Waals surface area contributed by atoms with E-state index < -0.39 is 40.8 Å². The molecule has 7 aliphatic rings. The summed E-state index contributed by atoms with van der Waals surface area (Å²) in [6.45, 7) is 7.43. The van der Waals surface area contributed by atoms with Crippen LogP contribution in [-0.2, 0) is 52.3 Å². The van der Waals surface area contributed by atoms with Gasteiger partial charge in [0.1, 0.15) is 35.5 Å². The molecule has 5 heterocycles. The Bertz CT molecular complexity index is 1040. The molecule has 0 N–H and O–H groups in total. The van der Waals surface area contributed by atoms with Gasteiger partial charge in [-0.3, -0.25) is 4.79 Å². The van der Waals surface area contributed by atoms with E-state index in [1.807, 2.05) is 27.7 Å². The first-order valence-corrected chi connectivity index (χ1v) is 13.3. The molecule has 0 unspecified atom stereocenters. The molecule has 7 rings (SSSR count). The van der Waals surface area contributed by atoms with E-state index >= 15 is 0 Å². The van der Waals surface area contributed by atoms with Crippen LogP contribution in [0.15, 0.2) is 11.8 Å². The number of esters is 3. The van der Waals surface area contributed by atoms with Gasteiger partial charge in [0.2, 0.25) is 5.60 Å². The Morgan fingerprint density at radius 1 is 0.889 bits per heavy atom. The number of alkyl halides is 1. The second-order valence-electron chi connectivity index (χ2n) is 11.2. The smallest absolute Gasteiger partial charge is 0.351 e. The quantitative estimate of drug-likeness (QED) is 0.273. The van der Waals surface area contributed by atoms with Crippen LogP contribution in [0, 0.1) is 0 Å². The molecule has 0 aromatic heterocycles. The summed E-state index contributed by atoms with van der Waals surface area (Å²) in [5, 5.41) is 0.0453. The number of carbonyl (C=O) groups is 3. The summed E-state index contributed by atoms with van der Waals surface area (Å²) < 4.78 is 45.1. The van der Waals surface area contributed by atoms with Gasteiger partial charge in [-0.2, -0.15) is 0 Å². The van der Waals surface area contributed by atoms with Gasteiger partial charge in [-0.1, -0.05) is 15.9 Å². The summed E-state index contributed by atoms with van der Waals surface area (Å²) >= 11 is 3.02. The first-order chi connectivity index (χ1) is 16.8. The van der Waals surface area contributed by atoms with Gasteiger partial charge in [-0.25, -0.2) is 9.59 Å². The van der Waals surface area contributed by atoms with E-state index in [1.54, 1.807) is 0 Å². The van der Waals surface area contributed by atoms with Crippen LogP contribution in [0.5, 0.6) is 0 Å². The largest absolute Gasteiger partial charge is 0.487 e. The molecule has 36 heavy (non-hydrogen) atoms. The van der Waals surface area contributed by atoms with Crippen molar-refractivity contribution in [3.63, 3.8) is 0 Å². The highest BCUT2D eigenvalue weighted by Crippen LogP contribution is 2.53. The average Bonchev–Trinajstić information content (AvgIpc) is 3.48. The SMILES string of the molecule is CC1(C)O[C@H]2[C@H]3C[C@@](OC(=O)CBr)(C[C@H]2O1)C(=O)O3.CC1(C)O[C@H]2[C@H]3C[C@]4(C[C@H]2O1)OC(=O)C=C4O3. The van der Waals surface area contributed by atoms with Crippen molar-refractivity contribution in [1.29, 1.82) is 0 Å². The zero-order valence-corrected chi connectivity index (χ0v) is 22.0. The number of hydrogen-bond donors (Lipinski definition) is 0. The number of ether oxygens (including phenoxy) is 8. The van der Waals surface area contributed by atoms with Crippen molar-refractivity contribution in [1.82, 2.24) is 0 Å². The third-order valence-electron chi connectivity index (χ3n) is 7.62. The number of halogens is 1. The van der Waals surface area contributed by atoms with Gasteiger partial charge >= 0.3 is 17.9 Å². The van der Waals surface area contributed by atoms with Crippen LogP contribution in [0.2, 0.25) is 0 Å². The predicted molar refractivity (Wildman–Crippen MR) is 120 cm³/mol. The molecule has 8 atom stereocenters. The van der Waals surface area contributed by atoms with Crippen molar-refractivity contribution in [3.8, 4) is 0 Å². The summed E-state index contributed by atoms with van der Waals surface area (Å²) in [5.74, 6) is -1.90. The number of rotatable bonds is 2. The third-order valence-corrected chi connectivity index (χ3v) is 8.08. The van der Waals surface area contributed by atoms with Gasteiger partial charge in [0.05, 0.1) is 18.3 Å². The lowest BCUT2D eigenvalue weighted by molar-refractivity contribution is -0.180. The Morgan fingerprint density at radius 2 is 1.44 bits per heavy atom. The van der Waals surface area contributed by atoms with Crippen molar-refractivity contribution in [3.05, 3.63) is 11.8 Å². The van der Waals surface area contributed by atoms with Gasteiger partial charge < -0.3 is 37.9 Å². The van der Waals surface area contributed by atoms with Gasteiger partial charge in [-0.15, -0.1) is 0 Å². The molecule has 4 saturated heterocycles. The standard InChI is InChI=1S/C12H15BrO6.C12H14O5/c1-11(2)17-7-4-12(18-8(14)5-13)3-6(9(7)19-11)16-10(12)15;1-11(2)15-7-5-12-4-6(10(7)17-11)14-8(12)3-9(13)16-12/h6-7,9H,3-5H2,1-2H3;3,6-7,10H,4-5H2,1-2H3/t6-,7-,9+,12-;6-,7-,10+,12-/m11/s1. The summed E-state index contributed by atoms with van der Waals surface area (Å²) in [6.07, 6.45) is 2.25. The van der Waals surface area contributed by atoms with Crippen molar-refractivity contribution in [2.75, 3.05) is 5.33 Å². The lowest BCUT2D eigenvalue weighted by atomic mass is 9.82. The van der Waals surface area contributed by atoms with Crippen LogP contribution >= 0.6 is 15.9 Å². The Hall–Kier alpha value is -1.73. The first-order valence-electron chi connectivity index (χ1n) is 12.1. The zero-order chi connectivity index (χ0) is 25.7. The zero-order valence-electron chi connectivity index (χ0n) is 20.4. The monoisotopic (exact) mass is 572 g/mol. The molecule has 2 saturated carbocycles. The summed E-state index contributed by atoms with van der Waals surface area (Å²) in [4.78, 5) is 34.8. The van der Waals surface area contributed by atoms with Gasteiger partial charge in [0.25, 0.3) is 0 Å². The van der Waals surface area contributed by atoms with Crippen LogP contribution in [0.3, 0.4) is 0 Å². The maximum absolute atomic E-state index is 12.0. The minimum absolute atomic E-state index is 0.0453. The van der Waals surface area contributed by atoms with Gasteiger partial charge in [0.15, 0.2) is 17.2 Å². The molecule has 1 spiro atoms. The molecule has 0 aromatic rings. The Labute approximate surface area is 216 Å². The topological polar surface area (TPSA) is 125 Å². The maximum Gasteiger partial charge on any atom is 0.351 e. The Morgan fingerprint density at radius 3 is 2.08 bits per heavy atom. The lowest BCUT2D eigenvalue weighted by Gasteiger charge is -2.32. The summed E-state index contributed by atoms with van der Waals surface area (Å²) in [6, 6.07) is 0. The van der Waals surface area contributed by atoms with E-state index in [0.717, 1.165) is 0 Å².